The van der Waals surface area contributed by atoms with Crippen molar-refractivity contribution in [2.75, 3.05) is 5.32 Å². The van der Waals surface area contributed by atoms with E-state index in [9.17, 15) is 9.18 Å². The fourth-order valence-corrected chi connectivity index (χ4v) is 3.41. The fraction of sp³-hybridized carbons (Fsp3) is 0.235. The predicted octanol–water partition coefficient (Wildman–Crippen LogP) is 3.48. The minimum Gasteiger partial charge on any atom is -0.296 e. The summed E-state index contributed by atoms with van der Waals surface area (Å²) in [6, 6.07) is 8.13. The van der Waals surface area contributed by atoms with Crippen molar-refractivity contribution in [1.82, 2.24) is 14.8 Å². The summed E-state index contributed by atoms with van der Waals surface area (Å²) in [5.74, 6) is -0.487. The standard InChI is InChI=1S/C17H17FN4OS/c1-10-8-14(22(3)21-10)16(23)20-17-19-11(2)15(24-17)9-12-4-6-13(18)7-5-12/h4-8H,9H2,1-3H3,(H,19,20,23). The van der Waals surface area contributed by atoms with E-state index in [0.29, 0.717) is 17.2 Å². The number of thiazole rings is 1. The molecule has 2 aromatic heterocycles. The molecule has 2 heterocycles. The van der Waals surface area contributed by atoms with Crippen molar-refractivity contribution in [1.29, 1.82) is 0 Å². The van der Waals surface area contributed by atoms with E-state index in [1.54, 1.807) is 29.9 Å². The number of carbonyl (C=O) groups excluding carboxylic acids is 1. The van der Waals surface area contributed by atoms with Gasteiger partial charge in [-0.15, -0.1) is 11.3 Å². The molecule has 1 amide bonds. The first-order valence-corrected chi connectivity index (χ1v) is 8.27. The van der Waals surface area contributed by atoms with Crippen LogP contribution in [-0.2, 0) is 13.5 Å². The Morgan fingerprint density at radius 3 is 2.62 bits per heavy atom. The fourth-order valence-electron chi connectivity index (χ4n) is 2.42. The first kappa shape index (κ1) is 16.3. The third-order valence-electron chi connectivity index (χ3n) is 3.63. The van der Waals surface area contributed by atoms with Crippen LogP contribution in [0.25, 0.3) is 0 Å². The number of hydrogen-bond acceptors (Lipinski definition) is 4. The Labute approximate surface area is 143 Å². The minimum absolute atomic E-state index is 0.236. The van der Waals surface area contributed by atoms with Gasteiger partial charge in [-0.3, -0.25) is 14.8 Å². The lowest BCUT2D eigenvalue weighted by Crippen LogP contribution is -2.15. The molecule has 0 saturated carbocycles. The molecule has 0 fully saturated rings. The number of aryl methyl sites for hydroxylation is 3. The largest absolute Gasteiger partial charge is 0.296 e. The molecule has 7 heteroatoms. The molecule has 124 valence electrons. The smallest absolute Gasteiger partial charge is 0.275 e. The highest BCUT2D eigenvalue weighted by Crippen LogP contribution is 2.25. The molecule has 1 aromatic carbocycles. The van der Waals surface area contributed by atoms with E-state index < -0.39 is 0 Å². The first-order valence-electron chi connectivity index (χ1n) is 7.45. The van der Waals surface area contributed by atoms with Crippen LogP contribution in [-0.4, -0.2) is 20.7 Å². The van der Waals surface area contributed by atoms with E-state index in [0.717, 1.165) is 21.8 Å². The number of aromatic nitrogens is 3. The number of carbonyl (C=O) groups is 1. The van der Waals surface area contributed by atoms with Crippen LogP contribution < -0.4 is 5.32 Å². The lowest BCUT2D eigenvalue weighted by Gasteiger charge is -2.01. The molecule has 0 unspecified atom stereocenters. The van der Waals surface area contributed by atoms with Gasteiger partial charge in [0.1, 0.15) is 11.5 Å². The molecule has 24 heavy (non-hydrogen) atoms. The van der Waals surface area contributed by atoms with Gasteiger partial charge < -0.3 is 0 Å². The molecular formula is C17H17FN4OS. The molecule has 1 N–H and O–H groups in total. The summed E-state index contributed by atoms with van der Waals surface area (Å²) in [6.07, 6.45) is 0.657. The molecule has 0 aliphatic carbocycles. The second kappa shape index (κ2) is 6.52. The van der Waals surface area contributed by atoms with E-state index in [1.807, 2.05) is 13.8 Å². The van der Waals surface area contributed by atoms with Crippen LogP contribution in [0.15, 0.2) is 30.3 Å². The number of hydrogen-bond donors (Lipinski definition) is 1. The number of amides is 1. The third kappa shape index (κ3) is 3.51. The van der Waals surface area contributed by atoms with Gasteiger partial charge in [0, 0.05) is 18.3 Å². The summed E-state index contributed by atoms with van der Waals surface area (Å²) in [4.78, 5) is 17.8. The summed E-state index contributed by atoms with van der Waals surface area (Å²) in [7, 11) is 1.73. The second-order valence-corrected chi connectivity index (χ2v) is 6.66. The van der Waals surface area contributed by atoms with Crippen molar-refractivity contribution in [3.05, 3.63) is 63.7 Å². The van der Waals surface area contributed by atoms with Crippen molar-refractivity contribution in [3.63, 3.8) is 0 Å². The van der Waals surface area contributed by atoms with Crippen LogP contribution >= 0.6 is 11.3 Å². The Bertz CT molecular complexity index is 883. The maximum Gasteiger partial charge on any atom is 0.275 e. The van der Waals surface area contributed by atoms with Crippen molar-refractivity contribution < 1.29 is 9.18 Å². The summed E-state index contributed by atoms with van der Waals surface area (Å²) < 4.78 is 14.5. The highest BCUT2D eigenvalue weighted by atomic mass is 32.1. The Hall–Kier alpha value is -2.54. The Morgan fingerprint density at radius 1 is 1.29 bits per heavy atom. The number of nitrogens with zero attached hydrogens (tertiary/aromatic N) is 3. The molecule has 3 aromatic rings. The van der Waals surface area contributed by atoms with Crippen LogP contribution in [0.5, 0.6) is 0 Å². The van der Waals surface area contributed by atoms with Gasteiger partial charge in [-0.05, 0) is 37.6 Å². The van der Waals surface area contributed by atoms with Gasteiger partial charge >= 0.3 is 0 Å². The Kier molecular flexibility index (Phi) is 4.44. The van der Waals surface area contributed by atoms with Gasteiger partial charge in [-0.1, -0.05) is 12.1 Å². The quantitative estimate of drug-likeness (QED) is 0.788. The minimum atomic E-state index is -0.251. The van der Waals surface area contributed by atoms with Crippen LogP contribution in [0, 0.1) is 19.7 Å². The molecule has 0 spiro atoms. The summed E-state index contributed by atoms with van der Waals surface area (Å²) in [5, 5.41) is 7.53. The van der Waals surface area contributed by atoms with Gasteiger partial charge in [0.15, 0.2) is 5.13 Å². The molecule has 0 aliphatic heterocycles. The summed E-state index contributed by atoms with van der Waals surface area (Å²) >= 11 is 1.43. The number of nitrogens with one attached hydrogen (secondary N) is 1. The Morgan fingerprint density at radius 2 is 2.00 bits per heavy atom. The lowest BCUT2D eigenvalue weighted by molar-refractivity contribution is 0.101. The zero-order valence-corrected chi connectivity index (χ0v) is 14.4. The number of anilines is 1. The van der Waals surface area contributed by atoms with Crippen LogP contribution in [0.2, 0.25) is 0 Å². The van der Waals surface area contributed by atoms with Crippen molar-refractivity contribution in [3.8, 4) is 0 Å². The number of rotatable bonds is 4. The van der Waals surface area contributed by atoms with Crippen molar-refractivity contribution in [2.45, 2.75) is 20.3 Å². The topological polar surface area (TPSA) is 59.8 Å². The first-order chi connectivity index (χ1) is 11.4. The molecular weight excluding hydrogens is 327 g/mol. The van der Waals surface area contributed by atoms with Crippen LogP contribution in [0.3, 0.4) is 0 Å². The summed E-state index contributed by atoms with van der Waals surface area (Å²) in [5.41, 5.74) is 3.14. The normalized spacial score (nSPS) is 10.8. The van der Waals surface area contributed by atoms with Gasteiger partial charge in [0.05, 0.1) is 11.4 Å². The second-order valence-electron chi connectivity index (χ2n) is 5.58. The maximum atomic E-state index is 13.0. The molecule has 0 bridgehead atoms. The third-order valence-corrected chi connectivity index (χ3v) is 4.70. The molecule has 0 saturated heterocycles. The van der Waals surface area contributed by atoms with Gasteiger partial charge in [0.25, 0.3) is 5.91 Å². The highest BCUT2D eigenvalue weighted by molar-refractivity contribution is 7.15. The van der Waals surface area contributed by atoms with Gasteiger partial charge in [-0.25, -0.2) is 9.37 Å². The van der Waals surface area contributed by atoms with E-state index in [2.05, 4.69) is 15.4 Å². The highest BCUT2D eigenvalue weighted by Gasteiger charge is 2.15. The number of benzene rings is 1. The van der Waals surface area contributed by atoms with Crippen LogP contribution in [0.4, 0.5) is 9.52 Å². The molecule has 5 nitrogen and oxygen atoms in total. The van der Waals surface area contributed by atoms with Crippen molar-refractivity contribution in [2.24, 2.45) is 7.05 Å². The molecule has 0 atom stereocenters. The maximum absolute atomic E-state index is 13.0. The molecule has 3 rings (SSSR count). The predicted molar refractivity (Wildman–Crippen MR) is 92.0 cm³/mol. The zero-order chi connectivity index (χ0) is 17.3. The van der Waals surface area contributed by atoms with Crippen molar-refractivity contribution >= 4 is 22.4 Å². The number of halogens is 1. The average Bonchev–Trinajstić information content (AvgIpc) is 3.03. The Balaban J connectivity index is 1.75. The lowest BCUT2D eigenvalue weighted by atomic mass is 10.1. The molecule has 0 radical (unpaired) electrons. The SMILES string of the molecule is Cc1cc(C(=O)Nc2nc(C)c(Cc3ccc(F)cc3)s2)n(C)n1. The van der Waals surface area contributed by atoms with Gasteiger partial charge in [0.2, 0.25) is 0 Å². The average molecular weight is 344 g/mol. The van der Waals surface area contributed by atoms with Gasteiger partial charge in [-0.2, -0.15) is 5.10 Å². The van der Waals surface area contributed by atoms with E-state index in [4.69, 9.17) is 0 Å². The zero-order valence-electron chi connectivity index (χ0n) is 13.6. The monoisotopic (exact) mass is 344 g/mol. The van der Waals surface area contributed by atoms with E-state index in [1.165, 1.54) is 23.5 Å². The van der Waals surface area contributed by atoms with E-state index >= 15 is 0 Å². The van der Waals surface area contributed by atoms with Crippen LogP contribution in [0.1, 0.15) is 32.3 Å². The summed E-state index contributed by atoms with van der Waals surface area (Å²) in [6.45, 7) is 3.74. The van der Waals surface area contributed by atoms with E-state index in [-0.39, 0.29) is 11.7 Å². The molecule has 0 aliphatic rings.